The van der Waals surface area contributed by atoms with Crippen LogP contribution in [0.4, 0.5) is 5.69 Å². The Labute approximate surface area is 117 Å². The number of hydrogen-bond donors (Lipinski definition) is 3. The number of carbonyl (C=O) groups is 2. The number of carboxylic acid groups (broad SMARTS) is 1. The highest BCUT2D eigenvalue weighted by Crippen LogP contribution is 2.21. The molecule has 1 aromatic rings. The molecule has 1 unspecified atom stereocenters. The average molecular weight is 280 g/mol. The zero-order valence-corrected chi connectivity index (χ0v) is 11.7. The largest absolute Gasteiger partial charge is 0.496 e. The lowest BCUT2D eigenvalue weighted by Gasteiger charge is -2.14. The summed E-state index contributed by atoms with van der Waals surface area (Å²) in [7, 11) is 1.46. The summed E-state index contributed by atoms with van der Waals surface area (Å²) in [6.45, 7) is 2.21. The van der Waals surface area contributed by atoms with E-state index < -0.39 is 5.97 Å². The van der Waals surface area contributed by atoms with Crippen molar-refractivity contribution in [1.82, 2.24) is 5.32 Å². The van der Waals surface area contributed by atoms with Gasteiger partial charge in [0.15, 0.2) is 0 Å². The Morgan fingerprint density at radius 1 is 1.45 bits per heavy atom. The molecular weight excluding hydrogens is 260 g/mol. The number of aliphatic carboxylic acids is 1. The third-order valence-electron chi connectivity index (χ3n) is 3.06. The van der Waals surface area contributed by atoms with Crippen molar-refractivity contribution in [1.29, 1.82) is 0 Å². The van der Waals surface area contributed by atoms with Gasteiger partial charge < -0.3 is 20.9 Å². The molecule has 4 N–H and O–H groups in total. The van der Waals surface area contributed by atoms with Crippen molar-refractivity contribution < 1.29 is 19.4 Å². The summed E-state index contributed by atoms with van der Waals surface area (Å²) in [6, 6.07) is 4.77. The van der Waals surface area contributed by atoms with Crippen LogP contribution < -0.4 is 15.8 Å². The van der Waals surface area contributed by atoms with Crippen LogP contribution in [-0.4, -0.2) is 30.6 Å². The predicted molar refractivity (Wildman–Crippen MR) is 75.8 cm³/mol. The van der Waals surface area contributed by atoms with Crippen LogP contribution in [0.25, 0.3) is 0 Å². The Kier molecular flexibility index (Phi) is 5.83. The summed E-state index contributed by atoms with van der Waals surface area (Å²) < 4.78 is 5.11. The number of nitrogens with two attached hydrogens (primary N) is 1. The van der Waals surface area contributed by atoms with Crippen LogP contribution >= 0.6 is 0 Å². The maximum absolute atomic E-state index is 12.1. The van der Waals surface area contributed by atoms with E-state index in [1.54, 1.807) is 18.2 Å². The molecule has 110 valence electrons. The first-order valence-electron chi connectivity index (χ1n) is 6.41. The minimum Gasteiger partial charge on any atom is -0.496 e. The average Bonchev–Trinajstić information content (AvgIpc) is 2.42. The van der Waals surface area contributed by atoms with Crippen LogP contribution in [-0.2, 0) is 4.79 Å². The molecule has 0 bridgehead atoms. The molecule has 1 aromatic carbocycles. The lowest BCUT2D eigenvalue weighted by Crippen LogP contribution is -2.30. The molecule has 0 spiro atoms. The van der Waals surface area contributed by atoms with Crippen LogP contribution in [0.3, 0.4) is 0 Å². The van der Waals surface area contributed by atoms with Gasteiger partial charge in [0.05, 0.1) is 12.7 Å². The second-order valence-corrected chi connectivity index (χ2v) is 4.54. The maximum Gasteiger partial charge on any atom is 0.303 e. The molecule has 6 heteroatoms. The van der Waals surface area contributed by atoms with Crippen molar-refractivity contribution in [3.63, 3.8) is 0 Å². The molecule has 6 nitrogen and oxygen atoms in total. The Morgan fingerprint density at radius 2 is 2.15 bits per heavy atom. The molecule has 0 aromatic heterocycles. The van der Waals surface area contributed by atoms with E-state index in [9.17, 15) is 9.59 Å². The monoisotopic (exact) mass is 280 g/mol. The molecule has 1 amide bonds. The van der Waals surface area contributed by atoms with E-state index in [-0.39, 0.29) is 18.2 Å². The van der Waals surface area contributed by atoms with Crippen molar-refractivity contribution in [2.24, 2.45) is 5.92 Å². The van der Waals surface area contributed by atoms with Gasteiger partial charge >= 0.3 is 5.97 Å². The van der Waals surface area contributed by atoms with Gasteiger partial charge in [0.1, 0.15) is 5.75 Å². The molecule has 0 radical (unpaired) electrons. The first kappa shape index (κ1) is 15.8. The molecule has 0 aliphatic rings. The number of carboxylic acids is 1. The lowest BCUT2D eigenvalue weighted by molar-refractivity contribution is -0.138. The van der Waals surface area contributed by atoms with Gasteiger partial charge in [0, 0.05) is 24.7 Å². The van der Waals surface area contributed by atoms with Gasteiger partial charge in [-0.15, -0.1) is 0 Å². The normalized spacial score (nSPS) is 11.7. The number of nitrogen functional groups attached to an aromatic ring is 1. The van der Waals surface area contributed by atoms with Gasteiger partial charge in [-0.1, -0.05) is 13.3 Å². The van der Waals surface area contributed by atoms with Crippen molar-refractivity contribution in [2.75, 3.05) is 19.4 Å². The van der Waals surface area contributed by atoms with Gasteiger partial charge in [0.2, 0.25) is 0 Å². The van der Waals surface area contributed by atoms with Gasteiger partial charge in [0.25, 0.3) is 5.91 Å². The van der Waals surface area contributed by atoms with Gasteiger partial charge in [-0.3, -0.25) is 9.59 Å². The third kappa shape index (κ3) is 4.46. The topological polar surface area (TPSA) is 102 Å². The van der Waals surface area contributed by atoms with Crippen molar-refractivity contribution >= 4 is 17.6 Å². The third-order valence-corrected chi connectivity index (χ3v) is 3.06. The van der Waals surface area contributed by atoms with Crippen LogP contribution in [0.5, 0.6) is 5.75 Å². The highest BCUT2D eigenvalue weighted by atomic mass is 16.5. The van der Waals surface area contributed by atoms with E-state index in [2.05, 4.69) is 5.32 Å². The second kappa shape index (κ2) is 7.37. The molecule has 0 fully saturated rings. The van der Waals surface area contributed by atoms with E-state index in [4.69, 9.17) is 15.6 Å². The summed E-state index contributed by atoms with van der Waals surface area (Å²) in [4.78, 5) is 22.7. The number of amides is 1. The first-order valence-corrected chi connectivity index (χ1v) is 6.41. The summed E-state index contributed by atoms with van der Waals surface area (Å²) >= 11 is 0. The van der Waals surface area contributed by atoms with Crippen LogP contribution in [0.2, 0.25) is 0 Å². The highest BCUT2D eigenvalue weighted by Gasteiger charge is 2.16. The number of methoxy groups -OCH3 is 1. The van der Waals surface area contributed by atoms with Crippen molar-refractivity contribution in [3.05, 3.63) is 23.8 Å². The van der Waals surface area contributed by atoms with Crippen LogP contribution in [0.1, 0.15) is 30.1 Å². The maximum atomic E-state index is 12.1. The number of carbonyl (C=O) groups excluding carboxylic acids is 1. The molecule has 0 saturated heterocycles. The molecule has 1 atom stereocenters. The smallest absolute Gasteiger partial charge is 0.303 e. The Balaban J connectivity index is 2.69. The number of nitrogens with one attached hydrogen (secondary N) is 1. The summed E-state index contributed by atoms with van der Waals surface area (Å²) in [6.07, 6.45) is 0.723. The number of rotatable bonds is 7. The van der Waals surface area contributed by atoms with Crippen LogP contribution in [0, 0.1) is 5.92 Å². The zero-order valence-electron chi connectivity index (χ0n) is 11.7. The number of anilines is 1. The molecule has 1 rings (SSSR count). The van der Waals surface area contributed by atoms with Crippen molar-refractivity contribution in [3.8, 4) is 5.75 Å². The van der Waals surface area contributed by atoms with E-state index >= 15 is 0 Å². The molecular formula is C14H20N2O4. The van der Waals surface area contributed by atoms with Gasteiger partial charge in [-0.25, -0.2) is 0 Å². The van der Waals surface area contributed by atoms with Crippen molar-refractivity contribution in [2.45, 2.75) is 19.8 Å². The Morgan fingerprint density at radius 3 is 2.70 bits per heavy atom. The lowest BCUT2D eigenvalue weighted by atomic mass is 10.0. The molecule has 0 aliphatic heterocycles. The number of benzene rings is 1. The SMILES string of the molecule is CCC(CNC(=O)c1ccc(N)cc1OC)CC(=O)O. The van der Waals surface area contributed by atoms with E-state index in [1.807, 2.05) is 6.92 Å². The highest BCUT2D eigenvalue weighted by molar-refractivity contribution is 5.97. The second-order valence-electron chi connectivity index (χ2n) is 4.54. The number of hydrogen-bond acceptors (Lipinski definition) is 4. The molecule has 20 heavy (non-hydrogen) atoms. The molecule has 0 saturated carbocycles. The number of ether oxygens (including phenoxy) is 1. The fraction of sp³-hybridized carbons (Fsp3) is 0.429. The minimum atomic E-state index is -0.865. The summed E-state index contributed by atoms with van der Waals surface area (Å²) in [5.41, 5.74) is 6.52. The fourth-order valence-corrected chi connectivity index (χ4v) is 1.84. The summed E-state index contributed by atoms with van der Waals surface area (Å²) in [5, 5.41) is 11.5. The fourth-order valence-electron chi connectivity index (χ4n) is 1.84. The van der Waals surface area contributed by atoms with E-state index in [0.29, 0.717) is 30.0 Å². The Bertz CT molecular complexity index is 488. The van der Waals surface area contributed by atoms with E-state index in [0.717, 1.165) is 0 Å². The zero-order chi connectivity index (χ0) is 15.1. The Hall–Kier alpha value is -2.24. The first-order chi connectivity index (χ1) is 9.47. The molecule has 0 heterocycles. The van der Waals surface area contributed by atoms with Gasteiger partial charge in [-0.2, -0.15) is 0 Å². The van der Waals surface area contributed by atoms with Gasteiger partial charge in [-0.05, 0) is 18.1 Å². The van der Waals surface area contributed by atoms with E-state index in [1.165, 1.54) is 7.11 Å². The summed E-state index contributed by atoms with van der Waals surface area (Å²) in [5.74, 6) is -0.855. The quantitative estimate of drug-likeness (QED) is 0.657. The van der Waals surface area contributed by atoms with Crippen LogP contribution in [0.15, 0.2) is 18.2 Å². The minimum absolute atomic E-state index is 0.0374. The predicted octanol–water partition coefficient (Wildman–Crippen LogP) is 1.51. The standard InChI is InChI=1S/C14H20N2O4/c1-3-9(6-13(17)18)8-16-14(19)11-5-4-10(15)7-12(11)20-2/h4-5,7,9H,3,6,8,15H2,1-2H3,(H,16,19)(H,17,18). The molecule has 0 aliphatic carbocycles.